The van der Waals surface area contributed by atoms with Crippen molar-refractivity contribution in [2.45, 2.75) is 38.8 Å². The van der Waals surface area contributed by atoms with E-state index in [-0.39, 0.29) is 23.5 Å². The fourth-order valence-corrected chi connectivity index (χ4v) is 3.67. The molecule has 0 radical (unpaired) electrons. The van der Waals surface area contributed by atoms with E-state index >= 15 is 0 Å². The molecule has 2 amide bonds. The van der Waals surface area contributed by atoms with Gasteiger partial charge >= 0.3 is 0 Å². The molecule has 2 N–H and O–H groups in total. The van der Waals surface area contributed by atoms with E-state index in [9.17, 15) is 14.0 Å². The largest absolute Gasteiger partial charge is 0.356 e. The lowest BCUT2D eigenvalue weighted by atomic mass is 9.98. The van der Waals surface area contributed by atoms with Crippen LogP contribution in [-0.4, -0.2) is 41.3 Å². The molecular formula is C23H29FN4O2. The van der Waals surface area contributed by atoms with Crippen LogP contribution in [0.5, 0.6) is 0 Å². The van der Waals surface area contributed by atoms with Gasteiger partial charge in [0.15, 0.2) is 0 Å². The lowest BCUT2D eigenvalue weighted by molar-refractivity contribution is -0.126. The highest BCUT2D eigenvalue weighted by atomic mass is 19.1. The van der Waals surface area contributed by atoms with Crippen LogP contribution in [0.25, 0.3) is 0 Å². The maximum absolute atomic E-state index is 14.0. The molecule has 7 heteroatoms. The number of hydrogen-bond acceptors (Lipinski definition) is 4. The SMILES string of the molecule is O=C1CCN(Cc2ccncc2F)CCCC(C(=O)NCc2ccccc2)CCN1. The molecule has 2 aromatic rings. The van der Waals surface area contributed by atoms with Gasteiger partial charge in [0.25, 0.3) is 0 Å². The number of amides is 2. The van der Waals surface area contributed by atoms with Crippen molar-refractivity contribution in [1.29, 1.82) is 0 Å². The minimum atomic E-state index is -0.338. The first kappa shape index (κ1) is 21.9. The van der Waals surface area contributed by atoms with Crippen molar-refractivity contribution in [2.24, 2.45) is 5.92 Å². The van der Waals surface area contributed by atoms with Gasteiger partial charge < -0.3 is 10.6 Å². The molecule has 1 unspecified atom stereocenters. The van der Waals surface area contributed by atoms with Gasteiger partial charge in [-0.25, -0.2) is 4.39 Å². The molecule has 0 saturated carbocycles. The summed E-state index contributed by atoms with van der Waals surface area (Å²) in [4.78, 5) is 30.7. The first-order valence-corrected chi connectivity index (χ1v) is 10.5. The van der Waals surface area contributed by atoms with E-state index in [1.54, 1.807) is 12.3 Å². The number of carbonyl (C=O) groups excluding carboxylic acids is 2. The second kappa shape index (κ2) is 11.4. The maximum Gasteiger partial charge on any atom is 0.223 e. The van der Waals surface area contributed by atoms with Crippen molar-refractivity contribution >= 4 is 11.8 Å². The van der Waals surface area contributed by atoms with E-state index in [4.69, 9.17) is 0 Å². The van der Waals surface area contributed by atoms with Gasteiger partial charge in [0.1, 0.15) is 5.82 Å². The predicted octanol–water partition coefficient (Wildman–Crippen LogP) is 2.65. The molecular weight excluding hydrogens is 383 g/mol. The molecule has 30 heavy (non-hydrogen) atoms. The second-order valence-electron chi connectivity index (χ2n) is 7.67. The zero-order valence-electron chi connectivity index (χ0n) is 17.1. The van der Waals surface area contributed by atoms with Crippen molar-refractivity contribution in [3.05, 3.63) is 65.7 Å². The number of aromatic nitrogens is 1. The molecule has 1 aliphatic heterocycles. The third-order valence-electron chi connectivity index (χ3n) is 5.43. The van der Waals surface area contributed by atoms with Crippen LogP contribution in [0.4, 0.5) is 4.39 Å². The molecule has 160 valence electrons. The smallest absolute Gasteiger partial charge is 0.223 e. The summed E-state index contributed by atoms with van der Waals surface area (Å²) in [6.45, 7) is 2.67. The topological polar surface area (TPSA) is 74.3 Å². The molecule has 1 aromatic carbocycles. The van der Waals surface area contributed by atoms with Gasteiger partial charge in [-0.3, -0.25) is 19.5 Å². The zero-order chi connectivity index (χ0) is 21.2. The highest BCUT2D eigenvalue weighted by molar-refractivity contribution is 5.79. The van der Waals surface area contributed by atoms with E-state index in [0.717, 1.165) is 18.4 Å². The van der Waals surface area contributed by atoms with Crippen LogP contribution in [0.1, 0.15) is 36.8 Å². The summed E-state index contributed by atoms with van der Waals surface area (Å²) in [5.74, 6) is -0.527. The van der Waals surface area contributed by atoms with Crippen molar-refractivity contribution in [3.63, 3.8) is 0 Å². The number of hydrogen-bond donors (Lipinski definition) is 2. The Morgan fingerprint density at radius 2 is 2.03 bits per heavy atom. The Balaban J connectivity index is 1.58. The maximum atomic E-state index is 14.0. The Hall–Kier alpha value is -2.80. The number of rotatable bonds is 5. The van der Waals surface area contributed by atoms with Gasteiger partial charge in [0.05, 0.1) is 6.20 Å². The third-order valence-corrected chi connectivity index (χ3v) is 5.43. The van der Waals surface area contributed by atoms with Crippen LogP contribution >= 0.6 is 0 Å². The summed E-state index contributed by atoms with van der Waals surface area (Å²) in [5.41, 5.74) is 1.62. The van der Waals surface area contributed by atoms with E-state index in [1.165, 1.54) is 6.20 Å². The van der Waals surface area contributed by atoms with E-state index in [1.807, 2.05) is 30.3 Å². The Labute approximate surface area is 176 Å². The summed E-state index contributed by atoms with van der Waals surface area (Å²) < 4.78 is 14.0. The number of halogens is 1. The standard InChI is InChI=1S/C23H29FN4O2/c24-21-16-25-11-8-20(21)17-28-13-4-7-19(9-12-26-22(29)10-14-28)23(30)27-15-18-5-2-1-3-6-18/h1-3,5-6,8,11,16,19H,4,7,9-10,12-15,17H2,(H,26,29)(H,27,30). The molecule has 1 saturated heterocycles. The summed E-state index contributed by atoms with van der Waals surface area (Å²) in [6, 6.07) is 11.5. The molecule has 2 heterocycles. The van der Waals surface area contributed by atoms with Crippen LogP contribution in [0.3, 0.4) is 0 Å². The summed E-state index contributed by atoms with van der Waals surface area (Å²) in [6.07, 6.45) is 5.30. The number of carbonyl (C=O) groups is 2. The van der Waals surface area contributed by atoms with Crippen LogP contribution in [0.15, 0.2) is 48.8 Å². The van der Waals surface area contributed by atoms with E-state index in [2.05, 4.69) is 20.5 Å². The fourth-order valence-electron chi connectivity index (χ4n) is 3.67. The fraction of sp³-hybridized carbons (Fsp3) is 0.435. The zero-order valence-corrected chi connectivity index (χ0v) is 17.1. The lowest BCUT2D eigenvalue weighted by Crippen LogP contribution is -2.33. The highest BCUT2D eigenvalue weighted by Crippen LogP contribution is 2.16. The first-order chi connectivity index (χ1) is 14.6. The molecule has 6 nitrogen and oxygen atoms in total. The monoisotopic (exact) mass is 412 g/mol. The molecule has 3 rings (SSSR count). The quantitative estimate of drug-likeness (QED) is 0.792. The van der Waals surface area contributed by atoms with Crippen molar-refractivity contribution in [3.8, 4) is 0 Å². The van der Waals surface area contributed by atoms with E-state index < -0.39 is 0 Å². The minimum absolute atomic E-state index is 0.0130. The second-order valence-corrected chi connectivity index (χ2v) is 7.67. The summed E-state index contributed by atoms with van der Waals surface area (Å²) in [5, 5.41) is 5.92. The van der Waals surface area contributed by atoms with Gasteiger partial charge in [-0.15, -0.1) is 0 Å². The van der Waals surface area contributed by atoms with Crippen LogP contribution in [0.2, 0.25) is 0 Å². The van der Waals surface area contributed by atoms with Gasteiger partial charge in [0, 0.05) is 50.3 Å². The Bertz CT molecular complexity index is 831. The third kappa shape index (κ3) is 6.91. The van der Waals surface area contributed by atoms with E-state index in [0.29, 0.717) is 51.1 Å². The average Bonchev–Trinajstić information content (AvgIpc) is 2.80. The summed E-state index contributed by atoms with van der Waals surface area (Å²) >= 11 is 0. The minimum Gasteiger partial charge on any atom is -0.356 e. The Kier molecular flexibility index (Phi) is 8.32. The molecule has 0 aliphatic carbocycles. The molecule has 0 spiro atoms. The normalized spacial score (nSPS) is 18.8. The van der Waals surface area contributed by atoms with Gasteiger partial charge in [0.2, 0.25) is 11.8 Å². The number of benzene rings is 1. The van der Waals surface area contributed by atoms with Crippen molar-refractivity contribution in [1.82, 2.24) is 20.5 Å². The van der Waals surface area contributed by atoms with Crippen LogP contribution < -0.4 is 10.6 Å². The predicted molar refractivity (Wildman–Crippen MR) is 113 cm³/mol. The molecule has 1 aromatic heterocycles. The molecule has 1 fully saturated rings. The van der Waals surface area contributed by atoms with Gasteiger partial charge in [-0.1, -0.05) is 30.3 Å². The Morgan fingerprint density at radius 1 is 1.20 bits per heavy atom. The first-order valence-electron chi connectivity index (χ1n) is 10.5. The average molecular weight is 413 g/mol. The highest BCUT2D eigenvalue weighted by Gasteiger charge is 2.20. The van der Waals surface area contributed by atoms with Crippen LogP contribution in [0, 0.1) is 11.7 Å². The molecule has 1 aliphatic rings. The lowest BCUT2D eigenvalue weighted by Gasteiger charge is -2.23. The summed E-state index contributed by atoms with van der Waals surface area (Å²) in [7, 11) is 0. The van der Waals surface area contributed by atoms with Crippen LogP contribution in [-0.2, 0) is 22.7 Å². The number of nitrogens with zero attached hydrogens (tertiary/aromatic N) is 2. The van der Waals surface area contributed by atoms with Gasteiger partial charge in [-0.05, 0) is 37.4 Å². The molecule has 1 atom stereocenters. The van der Waals surface area contributed by atoms with Crippen molar-refractivity contribution in [2.75, 3.05) is 19.6 Å². The number of nitrogens with one attached hydrogen (secondary N) is 2. The Morgan fingerprint density at radius 3 is 2.83 bits per heavy atom. The molecule has 0 bridgehead atoms. The van der Waals surface area contributed by atoms with Crippen molar-refractivity contribution < 1.29 is 14.0 Å². The van der Waals surface area contributed by atoms with Gasteiger partial charge in [-0.2, -0.15) is 0 Å². The number of pyridine rings is 1.